The van der Waals surface area contributed by atoms with Crippen molar-refractivity contribution >= 4 is 18.6 Å². The standard InChI is InChI=1S/C17H25BO5/c19-17(23-15-11-9-14(10-12-15)18(20)21)8-6-4-2-1-3-5-7-16-13-22-16/h9-12,16,20-21H,1-8,13H2. The van der Waals surface area contributed by atoms with Gasteiger partial charge in [-0.1, -0.05) is 44.2 Å². The summed E-state index contributed by atoms with van der Waals surface area (Å²) < 4.78 is 10.4. The summed E-state index contributed by atoms with van der Waals surface area (Å²) >= 11 is 0. The highest BCUT2D eigenvalue weighted by Crippen LogP contribution is 2.18. The van der Waals surface area contributed by atoms with Crippen molar-refractivity contribution in [3.8, 4) is 5.75 Å². The zero-order valence-electron chi connectivity index (χ0n) is 13.4. The molecule has 1 aromatic carbocycles. The highest BCUT2D eigenvalue weighted by molar-refractivity contribution is 6.58. The Morgan fingerprint density at radius 3 is 2.30 bits per heavy atom. The number of ether oxygens (including phenoxy) is 2. The number of carbonyl (C=O) groups excluding carboxylic acids is 1. The van der Waals surface area contributed by atoms with Crippen molar-refractivity contribution in [2.75, 3.05) is 6.61 Å². The van der Waals surface area contributed by atoms with Crippen LogP contribution in [-0.4, -0.2) is 35.8 Å². The van der Waals surface area contributed by atoms with E-state index < -0.39 is 7.12 Å². The lowest BCUT2D eigenvalue weighted by Gasteiger charge is -2.05. The van der Waals surface area contributed by atoms with Crippen molar-refractivity contribution in [1.82, 2.24) is 0 Å². The molecule has 1 fully saturated rings. The SMILES string of the molecule is O=C(CCCCCCCCC1CO1)Oc1ccc(B(O)O)cc1. The van der Waals surface area contributed by atoms with Crippen LogP contribution in [0.4, 0.5) is 0 Å². The molecule has 0 spiro atoms. The number of benzene rings is 1. The van der Waals surface area contributed by atoms with Crippen molar-refractivity contribution in [3.05, 3.63) is 24.3 Å². The smallest absolute Gasteiger partial charge is 0.427 e. The summed E-state index contributed by atoms with van der Waals surface area (Å²) in [7, 11) is -1.50. The normalized spacial score (nSPS) is 16.2. The van der Waals surface area contributed by atoms with Gasteiger partial charge in [-0.25, -0.2) is 0 Å². The summed E-state index contributed by atoms with van der Waals surface area (Å²) in [5, 5.41) is 18.0. The number of esters is 1. The van der Waals surface area contributed by atoms with Crippen molar-refractivity contribution in [3.63, 3.8) is 0 Å². The molecule has 2 N–H and O–H groups in total. The molecule has 1 aromatic rings. The van der Waals surface area contributed by atoms with Gasteiger partial charge in [-0.3, -0.25) is 4.79 Å². The van der Waals surface area contributed by atoms with Crippen molar-refractivity contribution in [2.45, 2.75) is 57.5 Å². The van der Waals surface area contributed by atoms with Gasteiger partial charge in [0.15, 0.2) is 0 Å². The molecule has 6 heteroatoms. The predicted octanol–water partition coefficient (Wildman–Crippen LogP) is 1.79. The van der Waals surface area contributed by atoms with Crippen LogP contribution in [0.2, 0.25) is 0 Å². The molecule has 0 amide bonds. The van der Waals surface area contributed by atoms with E-state index in [-0.39, 0.29) is 5.97 Å². The Hall–Kier alpha value is -1.37. The summed E-state index contributed by atoms with van der Waals surface area (Å²) in [6.07, 6.45) is 8.90. The lowest BCUT2D eigenvalue weighted by atomic mass is 9.80. The third kappa shape index (κ3) is 7.64. The van der Waals surface area contributed by atoms with E-state index in [2.05, 4.69) is 0 Å². The molecular formula is C17H25BO5. The summed E-state index contributed by atoms with van der Waals surface area (Å²) in [5.41, 5.74) is 0.373. The fourth-order valence-electron chi connectivity index (χ4n) is 2.47. The third-order valence-corrected chi connectivity index (χ3v) is 3.97. The number of hydrogen-bond acceptors (Lipinski definition) is 5. The van der Waals surface area contributed by atoms with Gasteiger partial charge in [0.1, 0.15) is 5.75 Å². The van der Waals surface area contributed by atoms with Gasteiger partial charge in [0, 0.05) is 6.42 Å². The first-order valence-corrected chi connectivity index (χ1v) is 8.43. The maximum atomic E-state index is 11.7. The maximum Gasteiger partial charge on any atom is 0.488 e. The molecule has 0 aromatic heterocycles. The molecule has 0 saturated carbocycles. The minimum atomic E-state index is -1.50. The molecule has 0 bridgehead atoms. The van der Waals surface area contributed by atoms with E-state index in [0.717, 1.165) is 25.9 Å². The van der Waals surface area contributed by atoms with Gasteiger partial charge in [-0.05, 0) is 30.4 Å². The van der Waals surface area contributed by atoms with Gasteiger partial charge in [0.05, 0.1) is 12.7 Å². The molecule has 0 radical (unpaired) electrons. The van der Waals surface area contributed by atoms with Gasteiger partial charge in [-0.2, -0.15) is 0 Å². The lowest BCUT2D eigenvalue weighted by molar-refractivity contribution is -0.134. The second-order valence-electron chi connectivity index (χ2n) is 6.03. The molecular weight excluding hydrogens is 295 g/mol. The minimum absolute atomic E-state index is 0.242. The number of rotatable bonds is 11. The zero-order valence-corrected chi connectivity index (χ0v) is 13.4. The molecule has 126 valence electrons. The van der Waals surface area contributed by atoms with Gasteiger partial charge in [-0.15, -0.1) is 0 Å². The Labute approximate surface area is 137 Å². The quantitative estimate of drug-likeness (QED) is 0.214. The van der Waals surface area contributed by atoms with E-state index in [1.54, 1.807) is 12.1 Å². The largest absolute Gasteiger partial charge is 0.488 e. The van der Waals surface area contributed by atoms with E-state index in [4.69, 9.17) is 19.5 Å². The number of hydrogen-bond donors (Lipinski definition) is 2. The topological polar surface area (TPSA) is 79.3 Å². The van der Waals surface area contributed by atoms with E-state index in [1.807, 2.05) is 0 Å². The second kappa shape index (κ2) is 9.70. The van der Waals surface area contributed by atoms with Crippen LogP contribution in [0.15, 0.2) is 24.3 Å². The van der Waals surface area contributed by atoms with Crippen LogP contribution in [0.5, 0.6) is 5.75 Å². The first-order valence-electron chi connectivity index (χ1n) is 8.43. The Morgan fingerprint density at radius 2 is 1.70 bits per heavy atom. The van der Waals surface area contributed by atoms with Crippen molar-refractivity contribution in [1.29, 1.82) is 0 Å². The highest BCUT2D eigenvalue weighted by atomic mass is 16.6. The molecule has 1 atom stereocenters. The first kappa shape index (κ1) is 18.0. The Kier molecular flexibility index (Phi) is 7.58. The second-order valence-corrected chi connectivity index (χ2v) is 6.03. The van der Waals surface area contributed by atoms with Crippen LogP contribution < -0.4 is 10.2 Å². The predicted molar refractivity (Wildman–Crippen MR) is 88.6 cm³/mol. The van der Waals surface area contributed by atoms with E-state index in [9.17, 15) is 4.79 Å². The summed E-state index contributed by atoms with van der Waals surface area (Å²) in [5.74, 6) is 0.190. The molecule has 5 nitrogen and oxygen atoms in total. The molecule has 1 aliphatic rings. The Bertz CT molecular complexity index is 470. The maximum absolute atomic E-state index is 11.7. The van der Waals surface area contributed by atoms with Crippen LogP contribution in [0, 0.1) is 0 Å². The van der Waals surface area contributed by atoms with Gasteiger partial charge < -0.3 is 19.5 Å². The van der Waals surface area contributed by atoms with Crippen molar-refractivity contribution in [2.24, 2.45) is 0 Å². The zero-order chi connectivity index (χ0) is 16.5. The van der Waals surface area contributed by atoms with Gasteiger partial charge in [0.2, 0.25) is 0 Å². The molecule has 1 heterocycles. The van der Waals surface area contributed by atoms with Crippen LogP contribution in [0.1, 0.15) is 51.4 Å². The average molecular weight is 320 g/mol. The fourth-order valence-corrected chi connectivity index (χ4v) is 2.47. The van der Waals surface area contributed by atoms with E-state index in [1.165, 1.54) is 37.8 Å². The summed E-state index contributed by atoms with van der Waals surface area (Å²) in [6, 6.07) is 6.19. The summed E-state index contributed by atoms with van der Waals surface area (Å²) in [6.45, 7) is 0.950. The minimum Gasteiger partial charge on any atom is -0.427 e. The number of unbranched alkanes of at least 4 members (excludes halogenated alkanes) is 5. The average Bonchev–Trinajstić information content (AvgIpc) is 3.34. The van der Waals surface area contributed by atoms with Crippen molar-refractivity contribution < 1.29 is 24.3 Å². The van der Waals surface area contributed by atoms with E-state index >= 15 is 0 Å². The van der Waals surface area contributed by atoms with Crippen LogP contribution in [0.3, 0.4) is 0 Å². The highest BCUT2D eigenvalue weighted by Gasteiger charge is 2.20. The van der Waals surface area contributed by atoms with Crippen LogP contribution >= 0.6 is 0 Å². The first-order chi connectivity index (χ1) is 11.1. The molecule has 1 unspecified atom stereocenters. The molecule has 23 heavy (non-hydrogen) atoms. The van der Waals surface area contributed by atoms with Crippen LogP contribution in [0.25, 0.3) is 0 Å². The third-order valence-electron chi connectivity index (χ3n) is 3.97. The molecule has 1 saturated heterocycles. The Morgan fingerprint density at radius 1 is 1.09 bits per heavy atom. The lowest BCUT2D eigenvalue weighted by Crippen LogP contribution is -2.29. The van der Waals surface area contributed by atoms with Gasteiger partial charge >= 0.3 is 13.1 Å². The summed E-state index contributed by atoms with van der Waals surface area (Å²) in [4.78, 5) is 11.7. The number of carbonyl (C=O) groups is 1. The van der Waals surface area contributed by atoms with E-state index in [0.29, 0.717) is 23.7 Å². The fraction of sp³-hybridized carbons (Fsp3) is 0.588. The monoisotopic (exact) mass is 320 g/mol. The molecule has 1 aliphatic heterocycles. The van der Waals surface area contributed by atoms with Gasteiger partial charge in [0.25, 0.3) is 0 Å². The molecule has 2 rings (SSSR count). The number of epoxide rings is 1. The molecule has 0 aliphatic carbocycles. The van der Waals surface area contributed by atoms with Crippen LogP contribution in [-0.2, 0) is 9.53 Å². The Balaban J connectivity index is 1.49.